The molecule has 0 radical (unpaired) electrons. The number of nitrogens with zero attached hydrogens (tertiary/aromatic N) is 2. The Hall–Kier alpha value is -2.99. The van der Waals surface area contributed by atoms with Crippen molar-refractivity contribution in [3.63, 3.8) is 0 Å². The quantitative estimate of drug-likeness (QED) is 0.489. The molecule has 0 saturated heterocycles. The third-order valence-corrected chi connectivity index (χ3v) is 4.94. The van der Waals surface area contributed by atoms with Gasteiger partial charge in [0, 0.05) is 16.6 Å². The van der Waals surface area contributed by atoms with E-state index >= 15 is 0 Å². The van der Waals surface area contributed by atoms with Gasteiger partial charge in [0.2, 0.25) is 0 Å². The summed E-state index contributed by atoms with van der Waals surface area (Å²) in [5.74, 6) is 0.124. The van der Waals surface area contributed by atoms with Gasteiger partial charge in [0.05, 0.1) is 10.9 Å². The fourth-order valence-corrected chi connectivity index (χ4v) is 3.52. The molecule has 0 saturated carbocycles. The molecule has 1 heterocycles. The number of hydrogen-bond donors (Lipinski definition) is 1. The van der Waals surface area contributed by atoms with Gasteiger partial charge in [-0.05, 0) is 60.5 Å². The average molecular weight is 438 g/mol. The normalized spacial score (nSPS) is 10.9. The molecule has 1 N–H and O–H groups in total. The molecule has 0 aliphatic carbocycles. The fourth-order valence-electron chi connectivity index (χ4n) is 3.08. The van der Waals surface area contributed by atoms with E-state index in [1.165, 1.54) is 16.8 Å². The molecule has 4 nitrogen and oxygen atoms in total. The largest absolute Gasteiger partial charge is 0.321 e. The maximum Gasteiger partial charge on any atom is 0.280 e. The summed E-state index contributed by atoms with van der Waals surface area (Å²) in [6.45, 7) is 0.546. The zero-order valence-electron chi connectivity index (χ0n) is 14.9. The van der Waals surface area contributed by atoms with Crippen LogP contribution in [0.4, 0.5) is 4.39 Å². The third kappa shape index (κ3) is 3.82. The zero-order chi connectivity index (χ0) is 19.5. The lowest BCUT2D eigenvalue weighted by Crippen LogP contribution is -2.32. The standard InChI is InChI=1S/C22H17BrFN3O/c23-17-5-3-4-15(14-17)12-13-25-27-21(16-8-10-18(24)11-9-16)26-20-7-2-1-6-19(20)22(27)28/h1-11,14,25H,12-13H2. The highest BCUT2D eigenvalue weighted by molar-refractivity contribution is 9.10. The second kappa shape index (κ2) is 7.94. The van der Waals surface area contributed by atoms with Crippen molar-refractivity contribution in [2.45, 2.75) is 6.42 Å². The van der Waals surface area contributed by atoms with Crippen LogP contribution in [-0.4, -0.2) is 16.2 Å². The second-order valence-electron chi connectivity index (χ2n) is 6.39. The van der Waals surface area contributed by atoms with Crippen LogP contribution in [0.1, 0.15) is 5.56 Å². The molecular weight excluding hydrogens is 421 g/mol. The van der Waals surface area contributed by atoms with E-state index in [0.717, 1.165) is 16.5 Å². The van der Waals surface area contributed by atoms with E-state index < -0.39 is 0 Å². The van der Waals surface area contributed by atoms with Gasteiger partial charge in [0.25, 0.3) is 5.56 Å². The predicted molar refractivity (Wildman–Crippen MR) is 113 cm³/mol. The van der Waals surface area contributed by atoms with Gasteiger partial charge in [-0.25, -0.2) is 14.1 Å². The molecule has 140 valence electrons. The summed E-state index contributed by atoms with van der Waals surface area (Å²) in [6.07, 6.45) is 0.738. The average Bonchev–Trinajstić information content (AvgIpc) is 2.70. The van der Waals surface area contributed by atoms with Gasteiger partial charge in [-0.2, -0.15) is 0 Å². The molecule has 4 aromatic rings. The number of para-hydroxylation sites is 1. The van der Waals surface area contributed by atoms with Crippen molar-refractivity contribution < 1.29 is 4.39 Å². The van der Waals surface area contributed by atoms with Gasteiger partial charge in [0.15, 0.2) is 5.82 Å². The van der Waals surface area contributed by atoms with E-state index in [9.17, 15) is 9.18 Å². The number of nitrogens with one attached hydrogen (secondary N) is 1. The van der Waals surface area contributed by atoms with Crippen molar-refractivity contribution in [2.75, 3.05) is 12.0 Å². The highest BCUT2D eigenvalue weighted by Gasteiger charge is 2.12. The number of fused-ring (bicyclic) bond motifs is 1. The first-order valence-electron chi connectivity index (χ1n) is 8.88. The minimum atomic E-state index is -0.332. The molecule has 0 spiro atoms. The van der Waals surface area contributed by atoms with E-state index in [4.69, 9.17) is 0 Å². The highest BCUT2D eigenvalue weighted by Crippen LogP contribution is 2.19. The van der Waals surface area contributed by atoms with Crippen molar-refractivity contribution in [3.8, 4) is 11.4 Å². The van der Waals surface area contributed by atoms with Gasteiger partial charge >= 0.3 is 0 Å². The Kier molecular flexibility index (Phi) is 5.21. The topological polar surface area (TPSA) is 46.9 Å². The lowest BCUT2D eigenvalue weighted by atomic mass is 10.1. The summed E-state index contributed by atoms with van der Waals surface area (Å²) in [5.41, 5.74) is 5.43. The van der Waals surface area contributed by atoms with E-state index in [2.05, 4.69) is 26.3 Å². The number of benzene rings is 3. The van der Waals surface area contributed by atoms with Crippen molar-refractivity contribution in [3.05, 3.63) is 99.0 Å². The van der Waals surface area contributed by atoms with Crippen molar-refractivity contribution >= 4 is 26.8 Å². The molecule has 0 unspecified atom stereocenters. The van der Waals surface area contributed by atoms with Crippen LogP contribution in [0, 0.1) is 5.82 Å². The van der Waals surface area contributed by atoms with Crippen molar-refractivity contribution in [2.24, 2.45) is 0 Å². The molecule has 1 aromatic heterocycles. The molecule has 3 aromatic carbocycles. The van der Waals surface area contributed by atoms with Gasteiger partial charge in [-0.15, -0.1) is 0 Å². The van der Waals surface area contributed by atoms with Gasteiger partial charge < -0.3 is 5.43 Å². The number of halogens is 2. The number of rotatable bonds is 5. The molecular formula is C22H17BrFN3O. The first-order valence-corrected chi connectivity index (χ1v) is 9.67. The van der Waals surface area contributed by atoms with Gasteiger partial charge in [-0.1, -0.05) is 40.2 Å². The fraction of sp³-hybridized carbons (Fsp3) is 0.0909. The Morgan fingerprint density at radius 3 is 2.57 bits per heavy atom. The Morgan fingerprint density at radius 2 is 1.79 bits per heavy atom. The molecule has 0 fully saturated rings. The first kappa shape index (κ1) is 18.4. The predicted octanol–water partition coefficient (Wildman–Crippen LogP) is 4.75. The van der Waals surface area contributed by atoms with E-state index in [1.807, 2.05) is 36.4 Å². The summed E-state index contributed by atoms with van der Waals surface area (Å²) in [6, 6.07) is 21.2. The SMILES string of the molecule is O=c1c2ccccc2nc(-c2ccc(F)cc2)n1NCCc1cccc(Br)c1. The summed E-state index contributed by atoms with van der Waals surface area (Å²) < 4.78 is 15.8. The van der Waals surface area contributed by atoms with E-state index in [0.29, 0.717) is 28.8 Å². The first-order chi connectivity index (χ1) is 13.6. The second-order valence-corrected chi connectivity index (χ2v) is 7.30. The maximum atomic E-state index is 13.3. The molecule has 6 heteroatoms. The minimum Gasteiger partial charge on any atom is -0.321 e. The van der Waals surface area contributed by atoms with Crippen molar-refractivity contribution in [1.29, 1.82) is 0 Å². The molecule has 0 aliphatic rings. The van der Waals surface area contributed by atoms with Crippen LogP contribution in [0.15, 0.2) is 82.1 Å². The Bertz CT molecular complexity index is 1190. The Balaban J connectivity index is 1.72. The van der Waals surface area contributed by atoms with Crippen LogP contribution in [0.5, 0.6) is 0 Å². The molecule has 0 amide bonds. The van der Waals surface area contributed by atoms with Gasteiger partial charge in [0.1, 0.15) is 5.82 Å². The van der Waals surface area contributed by atoms with Crippen LogP contribution in [0.3, 0.4) is 0 Å². The van der Waals surface area contributed by atoms with Crippen molar-refractivity contribution in [1.82, 2.24) is 9.66 Å². The van der Waals surface area contributed by atoms with E-state index in [1.54, 1.807) is 24.3 Å². The smallest absolute Gasteiger partial charge is 0.280 e. The minimum absolute atomic E-state index is 0.181. The van der Waals surface area contributed by atoms with Crippen LogP contribution in [0.2, 0.25) is 0 Å². The van der Waals surface area contributed by atoms with Gasteiger partial charge in [-0.3, -0.25) is 4.79 Å². The summed E-state index contributed by atoms with van der Waals surface area (Å²) in [5, 5.41) is 0.531. The van der Waals surface area contributed by atoms with Crippen LogP contribution >= 0.6 is 15.9 Å². The molecule has 4 rings (SSSR count). The highest BCUT2D eigenvalue weighted by atomic mass is 79.9. The van der Waals surface area contributed by atoms with E-state index in [-0.39, 0.29) is 11.4 Å². The summed E-state index contributed by atoms with van der Waals surface area (Å²) in [7, 11) is 0. The number of aromatic nitrogens is 2. The monoisotopic (exact) mass is 437 g/mol. The lowest BCUT2D eigenvalue weighted by molar-refractivity contribution is 0.628. The van der Waals surface area contributed by atoms with Crippen LogP contribution in [-0.2, 0) is 6.42 Å². The molecule has 0 bridgehead atoms. The molecule has 28 heavy (non-hydrogen) atoms. The summed E-state index contributed by atoms with van der Waals surface area (Å²) >= 11 is 3.47. The lowest BCUT2D eigenvalue weighted by Gasteiger charge is -2.15. The zero-order valence-corrected chi connectivity index (χ0v) is 16.5. The third-order valence-electron chi connectivity index (χ3n) is 4.45. The molecule has 0 aliphatic heterocycles. The van der Waals surface area contributed by atoms with Crippen LogP contribution < -0.4 is 11.0 Å². The summed E-state index contributed by atoms with van der Waals surface area (Å²) in [4.78, 5) is 17.7. The molecule has 0 atom stereocenters. The maximum absolute atomic E-state index is 13.3. The Morgan fingerprint density at radius 1 is 1.00 bits per heavy atom. The Labute approximate surface area is 169 Å². The van der Waals surface area contributed by atoms with Crippen LogP contribution in [0.25, 0.3) is 22.3 Å². The number of hydrogen-bond acceptors (Lipinski definition) is 3.